The maximum Gasteiger partial charge on any atom is 0.167 e. The Hall–Kier alpha value is -2.11. The van der Waals surface area contributed by atoms with Gasteiger partial charge in [0.05, 0.1) is 19.3 Å². The van der Waals surface area contributed by atoms with Crippen molar-refractivity contribution in [1.29, 1.82) is 0 Å². The molecule has 4 nitrogen and oxygen atoms in total. The highest BCUT2D eigenvalue weighted by atomic mass is 32.1. The van der Waals surface area contributed by atoms with Gasteiger partial charge in [-0.25, -0.2) is 0 Å². The van der Waals surface area contributed by atoms with Gasteiger partial charge in [0.25, 0.3) is 0 Å². The molecule has 132 valence electrons. The first-order valence-electron chi connectivity index (χ1n) is 8.61. The van der Waals surface area contributed by atoms with Crippen LogP contribution in [0.15, 0.2) is 54.6 Å². The number of rotatable bonds is 6. The van der Waals surface area contributed by atoms with Crippen LogP contribution in [0.3, 0.4) is 0 Å². The SMILES string of the molecule is COc1ccc([C@@H](NC(=S)NC[C@@H]2CCCO2)c2ccccc2)cc1. The van der Waals surface area contributed by atoms with Crippen molar-refractivity contribution < 1.29 is 9.47 Å². The summed E-state index contributed by atoms with van der Waals surface area (Å²) in [4.78, 5) is 0. The molecule has 0 amide bonds. The summed E-state index contributed by atoms with van der Waals surface area (Å²) < 4.78 is 10.9. The largest absolute Gasteiger partial charge is 0.497 e. The first-order valence-corrected chi connectivity index (χ1v) is 9.02. The van der Waals surface area contributed by atoms with Gasteiger partial charge >= 0.3 is 0 Å². The Morgan fingerprint density at radius 3 is 2.52 bits per heavy atom. The average molecular weight is 356 g/mol. The molecule has 1 aliphatic rings. The molecular formula is C20H24N2O2S. The molecule has 0 unspecified atom stereocenters. The summed E-state index contributed by atoms with van der Waals surface area (Å²) in [7, 11) is 1.67. The minimum Gasteiger partial charge on any atom is -0.497 e. The molecule has 0 radical (unpaired) electrons. The fourth-order valence-electron chi connectivity index (χ4n) is 2.99. The standard InChI is InChI=1S/C20H24N2O2S/c1-23-17-11-9-16(10-12-17)19(15-6-3-2-4-7-15)22-20(25)21-14-18-8-5-13-24-18/h2-4,6-7,9-12,18-19H,5,8,13-14H2,1H3,(H2,21,22,25)/t18-,19-/m0/s1. The zero-order valence-electron chi connectivity index (χ0n) is 14.4. The van der Waals surface area contributed by atoms with Crippen molar-refractivity contribution in [3.63, 3.8) is 0 Å². The smallest absolute Gasteiger partial charge is 0.167 e. The minimum absolute atomic E-state index is 0.0170. The van der Waals surface area contributed by atoms with E-state index in [1.807, 2.05) is 30.3 Å². The number of hydrogen-bond donors (Lipinski definition) is 2. The predicted octanol–water partition coefficient (Wildman–Crippen LogP) is 3.43. The second-order valence-corrected chi connectivity index (χ2v) is 6.51. The Bertz CT molecular complexity index is 670. The summed E-state index contributed by atoms with van der Waals surface area (Å²) in [6.07, 6.45) is 2.48. The van der Waals surface area contributed by atoms with Crippen LogP contribution in [0, 0.1) is 0 Å². The zero-order valence-corrected chi connectivity index (χ0v) is 15.2. The Morgan fingerprint density at radius 2 is 1.88 bits per heavy atom. The molecule has 3 rings (SSSR count). The molecule has 25 heavy (non-hydrogen) atoms. The lowest BCUT2D eigenvalue weighted by atomic mass is 9.99. The van der Waals surface area contributed by atoms with E-state index in [1.165, 1.54) is 0 Å². The second-order valence-electron chi connectivity index (χ2n) is 6.11. The van der Waals surface area contributed by atoms with Gasteiger partial charge in [0.1, 0.15) is 5.75 Å². The van der Waals surface area contributed by atoms with Crippen molar-refractivity contribution in [2.45, 2.75) is 25.0 Å². The minimum atomic E-state index is -0.0170. The van der Waals surface area contributed by atoms with Crippen LogP contribution < -0.4 is 15.4 Å². The molecule has 2 N–H and O–H groups in total. The molecule has 0 bridgehead atoms. The third-order valence-electron chi connectivity index (χ3n) is 4.37. The average Bonchev–Trinajstić information content (AvgIpc) is 3.19. The Kier molecular flexibility index (Phi) is 6.25. The summed E-state index contributed by atoms with van der Waals surface area (Å²) in [5.74, 6) is 0.842. The van der Waals surface area contributed by atoms with E-state index in [4.69, 9.17) is 21.7 Å². The summed E-state index contributed by atoms with van der Waals surface area (Å²) in [5, 5.41) is 7.36. The number of methoxy groups -OCH3 is 1. The van der Waals surface area contributed by atoms with Crippen molar-refractivity contribution in [1.82, 2.24) is 10.6 Å². The highest BCUT2D eigenvalue weighted by molar-refractivity contribution is 7.80. The van der Waals surface area contributed by atoms with E-state index in [1.54, 1.807) is 7.11 Å². The van der Waals surface area contributed by atoms with E-state index in [-0.39, 0.29) is 12.1 Å². The Balaban J connectivity index is 1.70. The van der Waals surface area contributed by atoms with Crippen LogP contribution in [0.25, 0.3) is 0 Å². The summed E-state index contributed by atoms with van der Waals surface area (Å²) >= 11 is 5.51. The number of thiocarbonyl (C=S) groups is 1. The zero-order chi connectivity index (χ0) is 17.5. The summed E-state index contributed by atoms with van der Waals surface area (Å²) in [6.45, 7) is 1.60. The van der Waals surface area contributed by atoms with Crippen LogP contribution in [-0.2, 0) is 4.74 Å². The van der Waals surface area contributed by atoms with Crippen LogP contribution in [0.5, 0.6) is 5.75 Å². The number of hydrogen-bond acceptors (Lipinski definition) is 3. The first-order chi connectivity index (χ1) is 12.3. The van der Waals surface area contributed by atoms with Gasteiger partial charge in [-0.15, -0.1) is 0 Å². The maximum absolute atomic E-state index is 5.64. The normalized spacial score (nSPS) is 17.7. The van der Waals surface area contributed by atoms with Gasteiger partial charge < -0.3 is 20.1 Å². The van der Waals surface area contributed by atoms with Gasteiger partial charge in [-0.3, -0.25) is 0 Å². The van der Waals surface area contributed by atoms with E-state index in [0.717, 1.165) is 42.9 Å². The molecule has 1 aliphatic heterocycles. The van der Waals surface area contributed by atoms with Crippen LogP contribution in [-0.4, -0.2) is 31.5 Å². The molecule has 2 aromatic rings. The van der Waals surface area contributed by atoms with Gasteiger partial charge in [-0.1, -0.05) is 42.5 Å². The van der Waals surface area contributed by atoms with Crippen molar-refractivity contribution >= 4 is 17.3 Å². The van der Waals surface area contributed by atoms with E-state index < -0.39 is 0 Å². The number of ether oxygens (including phenoxy) is 2. The summed E-state index contributed by atoms with van der Waals surface area (Å²) in [6, 6.07) is 18.3. The van der Waals surface area contributed by atoms with Crippen molar-refractivity contribution in [2.24, 2.45) is 0 Å². The maximum atomic E-state index is 5.64. The molecule has 1 heterocycles. The van der Waals surface area contributed by atoms with Crippen LogP contribution in [0.1, 0.15) is 30.0 Å². The molecule has 0 aliphatic carbocycles. The molecule has 0 spiro atoms. The lowest BCUT2D eigenvalue weighted by Gasteiger charge is -2.23. The fourth-order valence-corrected chi connectivity index (χ4v) is 3.20. The van der Waals surface area contributed by atoms with Gasteiger partial charge in [0.2, 0.25) is 0 Å². The molecule has 2 aromatic carbocycles. The lowest BCUT2D eigenvalue weighted by molar-refractivity contribution is 0.114. The number of benzene rings is 2. The molecule has 0 aromatic heterocycles. The van der Waals surface area contributed by atoms with Crippen molar-refractivity contribution in [3.05, 3.63) is 65.7 Å². The van der Waals surface area contributed by atoms with Crippen LogP contribution in [0.4, 0.5) is 0 Å². The van der Waals surface area contributed by atoms with Gasteiger partial charge in [-0.2, -0.15) is 0 Å². The predicted molar refractivity (Wildman–Crippen MR) is 104 cm³/mol. The molecule has 1 fully saturated rings. The molecule has 1 saturated heterocycles. The van der Waals surface area contributed by atoms with E-state index >= 15 is 0 Å². The lowest BCUT2D eigenvalue weighted by Crippen LogP contribution is -2.41. The quantitative estimate of drug-likeness (QED) is 0.776. The van der Waals surface area contributed by atoms with Crippen LogP contribution >= 0.6 is 12.2 Å². The van der Waals surface area contributed by atoms with Gasteiger partial charge in [0, 0.05) is 13.2 Å². The topological polar surface area (TPSA) is 42.5 Å². The molecule has 5 heteroatoms. The van der Waals surface area contributed by atoms with Gasteiger partial charge in [0.15, 0.2) is 5.11 Å². The molecule has 2 atom stereocenters. The van der Waals surface area contributed by atoms with E-state index in [2.05, 4.69) is 34.9 Å². The monoisotopic (exact) mass is 356 g/mol. The third kappa shape index (κ3) is 4.94. The third-order valence-corrected chi connectivity index (χ3v) is 4.63. The first kappa shape index (κ1) is 17.7. The Labute approximate surface area is 154 Å². The summed E-state index contributed by atoms with van der Waals surface area (Å²) in [5.41, 5.74) is 2.29. The fraction of sp³-hybridized carbons (Fsp3) is 0.350. The number of nitrogens with one attached hydrogen (secondary N) is 2. The molecule has 0 saturated carbocycles. The van der Waals surface area contributed by atoms with E-state index in [9.17, 15) is 0 Å². The van der Waals surface area contributed by atoms with E-state index in [0.29, 0.717) is 5.11 Å². The highest BCUT2D eigenvalue weighted by Gasteiger charge is 2.18. The molecular weight excluding hydrogens is 332 g/mol. The second kappa shape index (κ2) is 8.83. The van der Waals surface area contributed by atoms with Crippen LogP contribution in [0.2, 0.25) is 0 Å². The van der Waals surface area contributed by atoms with Crippen molar-refractivity contribution in [3.8, 4) is 5.75 Å². The van der Waals surface area contributed by atoms with Crippen molar-refractivity contribution in [2.75, 3.05) is 20.3 Å². The highest BCUT2D eigenvalue weighted by Crippen LogP contribution is 2.24. The van der Waals surface area contributed by atoms with Gasteiger partial charge in [-0.05, 0) is 48.3 Å². The Morgan fingerprint density at radius 1 is 1.16 bits per heavy atom.